The van der Waals surface area contributed by atoms with Gasteiger partial charge in [-0.2, -0.15) is 0 Å². The van der Waals surface area contributed by atoms with Crippen LogP contribution in [-0.4, -0.2) is 10.9 Å². The molecule has 1 aliphatic carbocycles. The molecule has 4 rings (SSSR count). The molecule has 25 heavy (non-hydrogen) atoms. The highest BCUT2D eigenvalue weighted by atomic mass is 16.4. The number of oxazole rings is 1. The highest BCUT2D eigenvalue weighted by molar-refractivity contribution is 5.93. The van der Waals surface area contributed by atoms with Gasteiger partial charge in [-0.15, -0.1) is 0 Å². The van der Waals surface area contributed by atoms with Crippen molar-refractivity contribution in [2.75, 3.05) is 5.32 Å². The van der Waals surface area contributed by atoms with Gasteiger partial charge in [0.25, 0.3) is 0 Å². The fraction of sp³-hybridized carbons (Fsp3) is 0.300. The van der Waals surface area contributed by atoms with E-state index in [2.05, 4.69) is 41.5 Å². The molecule has 0 aliphatic heterocycles. The summed E-state index contributed by atoms with van der Waals surface area (Å²) in [6.07, 6.45) is 2.84. The molecule has 3 aromatic rings. The van der Waals surface area contributed by atoms with Crippen molar-refractivity contribution in [1.29, 1.82) is 0 Å². The number of aromatic nitrogens is 1. The van der Waals surface area contributed by atoms with Crippen LogP contribution in [0.1, 0.15) is 36.3 Å². The topological polar surface area (TPSA) is 75.1 Å². The summed E-state index contributed by atoms with van der Waals surface area (Å²) in [6, 6.07) is 13.6. The van der Waals surface area contributed by atoms with Gasteiger partial charge in [0, 0.05) is 12.1 Å². The number of nitrogens with one attached hydrogen (secondary N) is 2. The third-order valence-corrected chi connectivity index (χ3v) is 4.80. The van der Waals surface area contributed by atoms with Gasteiger partial charge in [-0.25, -0.2) is 4.79 Å². The number of fused-ring (bicyclic) bond motifs is 1. The summed E-state index contributed by atoms with van der Waals surface area (Å²) in [6.45, 7) is 2.07. The number of aromatic amines is 1. The van der Waals surface area contributed by atoms with Crippen molar-refractivity contribution < 1.29 is 9.21 Å². The molecule has 2 N–H and O–H groups in total. The Morgan fingerprint density at radius 1 is 1.24 bits per heavy atom. The standard InChI is InChI=1S/C20H20N2O3/c1-12-2-4-13(5-3-12)16(14-6-7-14)11-19(23)21-15-8-9-18-17(10-15)22-20(24)25-18/h2-5,8-10,14,16H,6-7,11H2,1H3,(H,21,23)(H,22,24). The monoisotopic (exact) mass is 336 g/mol. The Morgan fingerprint density at radius 2 is 2.00 bits per heavy atom. The van der Waals surface area contributed by atoms with Gasteiger partial charge >= 0.3 is 5.76 Å². The summed E-state index contributed by atoms with van der Waals surface area (Å²) in [5.74, 6) is 0.355. The fourth-order valence-corrected chi connectivity index (χ4v) is 3.31. The summed E-state index contributed by atoms with van der Waals surface area (Å²) < 4.78 is 4.98. The Hall–Kier alpha value is -2.82. The number of H-pyrrole nitrogens is 1. The average Bonchev–Trinajstić information content (AvgIpc) is 3.35. The molecule has 1 fully saturated rings. The van der Waals surface area contributed by atoms with Gasteiger partial charge in [-0.3, -0.25) is 9.78 Å². The van der Waals surface area contributed by atoms with Gasteiger partial charge in [-0.1, -0.05) is 29.8 Å². The minimum absolute atomic E-state index is 0.0114. The summed E-state index contributed by atoms with van der Waals surface area (Å²) >= 11 is 0. The van der Waals surface area contributed by atoms with Crippen molar-refractivity contribution in [3.63, 3.8) is 0 Å². The van der Waals surface area contributed by atoms with E-state index < -0.39 is 5.76 Å². The maximum atomic E-state index is 12.5. The van der Waals surface area contributed by atoms with E-state index in [1.807, 2.05) is 0 Å². The molecule has 1 amide bonds. The van der Waals surface area contributed by atoms with Crippen LogP contribution in [-0.2, 0) is 4.79 Å². The second-order valence-electron chi connectivity index (χ2n) is 6.83. The molecule has 1 aromatic heterocycles. The molecule has 5 nitrogen and oxygen atoms in total. The molecule has 5 heteroatoms. The van der Waals surface area contributed by atoms with Crippen molar-refractivity contribution in [3.8, 4) is 0 Å². The first-order valence-electron chi connectivity index (χ1n) is 8.58. The number of aryl methyl sites for hydroxylation is 1. The number of rotatable bonds is 5. The number of carbonyl (C=O) groups excluding carboxylic acids is 1. The largest absolute Gasteiger partial charge is 0.417 e. The summed E-state index contributed by atoms with van der Waals surface area (Å²) in [5.41, 5.74) is 4.19. The molecule has 0 saturated heterocycles. The van der Waals surface area contributed by atoms with Crippen LogP contribution < -0.4 is 11.1 Å². The van der Waals surface area contributed by atoms with E-state index in [0.717, 1.165) is 0 Å². The van der Waals surface area contributed by atoms with Gasteiger partial charge in [0.2, 0.25) is 5.91 Å². The maximum absolute atomic E-state index is 12.5. The lowest BCUT2D eigenvalue weighted by atomic mass is 9.90. The normalized spacial score (nSPS) is 15.2. The van der Waals surface area contributed by atoms with Crippen LogP contribution in [0.3, 0.4) is 0 Å². The molecule has 1 aliphatic rings. The first kappa shape index (κ1) is 15.7. The molecular weight excluding hydrogens is 316 g/mol. The summed E-state index contributed by atoms with van der Waals surface area (Å²) in [7, 11) is 0. The van der Waals surface area contributed by atoms with Crippen LogP contribution >= 0.6 is 0 Å². The van der Waals surface area contributed by atoms with Gasteiger partial charge in [0.15, 0.2) is 5.58 Å². The molecule has 2 aromatic carbocycles. The molecular formula is C20H20N2O3. The van der Waals surface area contributed by atoms with Gasteiger partial charge in [0.1, 0.15) is 0 Å². The first-order chi connectivity index (χ1) is 12.1. The van der Waals surface area contributed by atoms with Crippen molar-refractivity contribution in [2.45, 2.75) is 32.1 Å². The quantitative estimate of drug-likeness (QED) is 0.741. The van der Waals surface area contributed by atoms with E-state index >= 15 is 0 Å². The second-order valence-corrected chi connectivity index (χ2v) is 6.83. The zero-order valence-electron chi connectivity index (χ0n) is 14.0. The molecule has 1 heterocycles. The molecule has 1 saturated carbocycles. The van der Waals surface area contributed by atoms with Crippen LogP contribution in [0.25, 0.3) is 11.1 Å². The fourth-order valence-electron chi connectivity index (χ4n) is 3.31. The van der Waals surface area contributed by atoms with Crippen LogP contribution in [0.2, 0.25) is 0 Å². The Labute approximate surface area is 145 Å². The van der Waals surface area contributed by atoms with Gasteiger partial charge < -0.3 is 9.73 Å². The summed E-state index contributed by atoms with van der Waals surface area (Å²) in [5, 5.41) is 2.93. The van der Waals surface area contributed by atoms with Crippen molar-refractivity contribution in [3.05, 3.63) is 64.1 Å². The lowest BCUT2D eigenvalue weighted by Crippen LogP contribution is -2.16. The van der Waals surface area contributed by atoms with Crippen molar-refractivity contribution in [1.82, 2.24) is 4.98 Å². The van der Waals surface area contributed by atoms with Crippen LogP contribution in [0, 0.1) is 12.8 Å². The Bertz CT molecular complexity index is 965. The van der Waals surface area contributed by atoms with Crippen LogP contribution in [0.4, 0.5) is 5.69 Å². The number of hydrogen-bond donors (Lipinski definition) is 2. The number of amides is 1. The molecule has 1 atom stereocenters. The van der Waals surface area contributed by atoms with Gasteiger partial charge in [0.05, 0.1) is 5.52 Å². The molecule has 1 unspecified atom stereocenters. The number of benzene rings is 2. The van der Waals surface area contributed by atoms with Crippen LogP contribution in [0.15, 0.2) is 51.7 Å². The molecule has 0 bridgehead atoms. The van der Waals surface area contributed by atoms with E-state index in [0.29, 0.717) is 29.1 Å². The Balaban J connectivity index is 1.49. The summed E-state index contributed by atoms with van der Waals surface area (Å²) in [4.78, 5) is 26.3. The molecule has 0 radical (unpaired) electrons. The highest BCUT2D eigenvalue weighted by Crippen LogP contribution is 2.44. The predicted molar refractivity (Wildman–Crippen MR) is 96.7 cm³/mol. The zero-order valence-corrected chi connectivity index (χ0v) is 14.0. The Kier molecular flexibility index (Phi) is 3.92. The first-order valence-corrected chi connectivity index (χ1v) is 8.58. The average molecular weight is 336 g/mol. The highest BCUT2D eigenvalue weighted by Gasteiger charge is 2.33. The smallest absolute Gasteiger partial charge is 0.408 e. The van der Waals surface area contributed by atoms with E-state index in [-0.39, 0.29) is 11.8 Å². The van der Waals surface area contributed by atoms with Crippen molar-refractivity contribution in [2.24, 2.45) is 5.92 Å². The van der Waals surface area contributed by atoms with Gasteiger partial charge in [-0.05, 0) is 55.4 Å². The van der Waals surface area contributed by atoms with E-state index in [9.17, 15) is 9.59 Å². The lowest BCUT2D eigenvalue weighted by molar-refractivity contribution is -0.116. The van der Waals surface area contributed by atoms with E-state index in [1.54, 1.807) is 18.2 Å². The number of anilines is 1. The Morgan fingerprint density at radius 3 is 2.72 bits per heavy atom. The molecule has 0 spiro atoms. The van der Waals surface area contributed by atoms with Crippen LogP contribution in [0.5, 0.6) is 0 Å². The van der Waals surface area contributed by atoms with Crippen molar-refractivity contribution >= 4 is 22.7 Å². The lowest BCUT2D eigenvalue weighted by Gasteiger charge is -2.17. The third-order valence-electron chi connectivity index (χ3n) is 4.80. The van der Waals surface area contributed by atoms with E-state index in [4.69, 9.17) is 4.42 Å². The predicted octanol–water partition coefficient (Wildman–Crippen LogP) is 3.95. The second kappa shape index (κ2) is 6.24. The molecule has 128 valence electrons. The minimum Gasteiger partial charge on any atom is -0.408 e. The number of carbonyl (C=O) groups is 1. The minimum atomic E-state index is -0.494. The SMILES string of the molecule is Cc1ccc(C(CC(=O)Nc2ccc3oc(=O)[nH]c3c2)C2CC2)cc1. The third kappa shape index (κ3) is 3.50. The maximum Gasteiger partial charge on any atom is 0.417 e. The zero-order chi connectivity index (χ0) is 17.4. The number of hydrogen-bond acceptors (Lipinski definition) is 3. The van der Waals surface area contributed by atoms with E-state index in [1.165, 1.54) is 24.0 Å².